The molecule has 3 rings (SSSR count). The quantitative estimate of drug-likeness (QED) is 0.651. The molecule has 4 nitrogen and oxygen atoms in total. The molecule has 1 aromatic rings. The number of ether oxygens (including phenoxy) is 1. The number of amides is 1. The van der Waals surface area contributed by atoms with Gasteiger partial charge in [0.1, 0.15) is 13.7 Å². The molecule has 3 heterocycles. The molecule has 1 saturated heterocycles. The first-order valence-corrected chi connectivity index (χ1v) is 5.90. The van der Waals surface area contributed by atoms with Gasteiger partial charge in [-0.05, 0) is 18.4 Å². The normalized spacial score (nSPS) is 27.6. The molecule has 0 bridgehead atoms. The van der Waals surface area contributed by atoms with Gasteiger partial charge in [0.15, 0.2) is 0 Å². The number of hydrogen-bond donors (Lipinski definition) is 1. The molecule has 0 spiro atoms. The topological polar surface area (TPSA) is 51.2 Å². The minimum absolute atomic E-state index is 0.00593. The van der Waals surface area contributed by atoms with Crippen molar-refractivity contribution in [2.24, 2.45) is 5.92 Å². The van der Waals surface area contributed by atoms with E-state index in [9.17, 15) is 4.79 Å². The van der Waals surface area contributed by atoms with Crippen LogP contribution < -0.4 is 10.8 Å². The van der Waals surface area contributed by atoms with Crippen LogP contribution in [0.3, 0.4) is 0 Å². The van der Waals surface area contributed by atoms with Crippen molar-refractivity contribution < 1.29 is 9.53 Å². The highest BCUT2D eigenvalue weighted by Crippen LogP contribution is 2.39. The van der Waals surface area contributed by atoms with Crippen LogP contribution in [0.25, 0.3) is 0 Å². The van der Waals surface area contributed by atoms with Gasteiger partial charge in [-0.3, -0.25) is 4.79 Å². The molecular formula is C12H13BN2O2. The third kappa shape index (κ3) is 1.84. The van der Waals surface area contributed by atoms with E-state index in [4.69, 9.17) is 12.6 Å². The number of hydrogen-bond acceptors (Lipinski definition) is 3. The van der Waals surface area contributed by atoms with Gasteiger partial charge in [0.2, 0.25) is 5.91 Å². The van der Waals surface area contributed by atoms with E-state index in [0.717, 1.165) is 18.4 Å². The zero-order valence-electron chi connectivity index (χ0n) is 9.48. The molecule has 1 fully saturated rings. The summed E-state index contributed by atoms with van der Waals surface area (Å²) < 4.78 is 5.45. The predicted octanol–water partition coefficient (Wildman–Crippen LogP) is 0.338. The molecule has 1 N–H and O–H groups in total. The Bertz CT molecular complexity index is 464. The number of carbonyl (C=O) groups is 1. The van der Waals surface area contributed by atoms with Gasteiger partial charge in [-0.15, -0.1) is 0 Å². The summed E-state index contributed by atoms with van der Waals surface area (Å²) >= 11 is 0. The summed E-state index contributed by atoms with van der Waals surface area (Å²) in [5.74, 6) is 0.906. The molecule has 2 aliphatic rings. The van der Waals surface area contributed by atoms with Crippen molar-refractivity contribution >= 4 is 25.0 Å². The summed E-state index contributed by atoms with van der Waals surface area (Å²) in [5, 5.41) is 2.85. The van der Waals surface area contributed by atoms with Gasteiger partial charge in [-0.25, -0.2) is 4.98 Å². The van der Waals surface area contributed by atoms with Crippen LogP contribution in [0.5, 0.6) is 0 Å². The number of nitrogens with one attached hydrogen (secondary N) is 1. The van der Waals surface area contributed by atoms with Crippen LogP contribution in [0.1, 0.15) is 24.3 Å². The Morgan fingerprint density at radius 1 is 1.35 bits per heavy atom. The maximum atomic E-state index is 12.0. The molecule has 1 amide bonds. The van der Waals surface area contributed by atoms with Crippen LogP contribution in [0, 0.1) is 5.92 Å². The average Bonchev–Trinajstić information content (AvgIpc) is 2.56. The van der Waals surface area contributed by atoms with Crippen molar-refractivity contribution in [2.75, 3.05) is 18.5 Å². The summed E-state index contributed by atoms with van der Waals surface area (Å²) in [6, 6.07) is 1.92. The molecule has 86 valence electrons. The van der Waals surface area contributed by atoms with Gasteiger partial charge < -0.3 is 10.1 Å². The van der Waals surface area contributed by atoms with Crippen molar-refractivity contribution in [3.8, 4) is 0 Å². The SMILES string of the molecule is [B]c1cnc2c(c1)C1CCOCCC1C(=O)N2. The highest BCUT2D eigenvalue weighted by molar-refractivity contribution is 6.32. The average molecular weight is 228 g/mol. The minimum atomic E-state index is -0.00593. The number of carbonyl (C=O) groups excluding carboxylic acids is 1. The number of pyridine rings is 1. The van der Waals surface area contributed by atoms with Crippen molar-refractivity contribution in [1.82, 2.24) is 4.98 Å². The highest BCUT2D eigenvalue weighted by atomic mass is 16.5. The van der Waals surface area contributed by atoms with Gasteiger partial charge in [0.05, 0.1) is 0 Å². The van der Waals surface area contributed by atoms with Gasteiger partial charge in [-0.2, -0.15) is 0 Å². The van der Waals surface area contributed by atoms with Gasteiger partial charge in [0, 0.05) is 31.2 Å². The van der Waals surface area contributed by atoms with Crippen LogP contribution in [0.4, 0.5) is 5.82 Å². The third-order valence-corrected chi connectivity index (χ3v) is 3.55. The second-order valence-corrected chi connectivity index (χ2v) is 4.60. The Kier molecular flexibility index (Phi) is 2.63. The summed E-state index contributed by atoms with van der Waals surface area (Å²) in [6.45, 7) is 1.35. The predicted molar refractivity (Wildman–Crippen MR) is 64.5 cm³/mol. The second kappa shape index (κ2) is 4.15. The van der Waals surface area contributed by atoms with Gasteiger partial charge in [-0.1, -0.05) is 11.5 Å². The van der Waals surface area contributed by atoms with E-state index in [1.165, 1.54) is 0 Å². The molecular weight excluding hydrogens is 215 g/mol. The molecule has 2 unspecified atom stereocenters. The van der Waals surface area contributed by atoms with Crippen LogP contribution in [0.2, 0.25) is 0 Å². The maximum absolute atomic E-state index is 12.0. The Labute approximate surface area is 101 Å². The Hall–Kier alpha value is -1.36. The summed E-state index contributed by atoms with van der Waals surface area (Å²) in [7, 11) is 5.77. The summed E-state index contributed by atoms with van der Waals surface area (Å²) in [6.07, 6.45) is 3.20. The van der Waals surface area contributed by atoms with Gasteiger partial charge in [0.25, 0.3) is 0 Å². The zero-order valence-corrected chi connectivity index (χ0v) is 9.48. The largest absolute Gasteiger partial charge is 0.381 e. The lowest BCUT2D eigenvalue weighted by atomic mass is 9.78. The fourth-order valence-electron chi connectivity index (χ4n) is 2.71. The monoisotopic (exact) mass is 228 g/mol. The van der Waals surface area contributed by atoms with Crippen LogP contribution in [-0.4, -0.2) is 32.0 Å². The first-order chi connectivity index (χ1) is 8.25. The van der Waals surface area contributed by atoms with E-state index in [0.29, 0.717) is 24.5 Å². The number of fused-ring (bicyclic) bond motifs is 3. The molecule has 0 aliphatic carbocycles. The lowest BCUT2D eigenvalue weighted by Crippen LogP contribution is -2.35. The fraction of sp³-hybridized carbons (Fsp3) is 0.500. The molecule has 0 aromatic carbocycles. The van der Waals surface area contributed by atoms with Crippen LogP contribution >= 0.6 is 0 Å². The molecule has 5 heteroatoms. The Morgan fingerprint density at radius 2 is 2.12 bits per heavy atom. The molecule has 2 atom stereocenters. The number of anilines is 1. The number of nitrogens with zero attached hydrogens (tertiary/aromatic N) is 1. The first-order valence-electron chi connectivity index (χ1n) is 5.90. The Balaban J connectivity index is 2.05. The van der Waals surface area contributed by atoms with Crippen molar-refractivity contribution in [1.29, 1.82) is 0 Å². The first kappa shape index (κ1) is 10.8. The van der Waals surface area contributed by atoms with Gasteiger partial charge >= 0.3 is 0 Å². The minimum Gasteiger partial charge on any atom is -0.381 e. The van der Waals surface area contributed by atoms with Crippen molar-refractivity contribution in [3.63, 3.8) is 0 Å². The van der Waals surface area contributed by atoms with E-state index in [1.54, 1.807) is 6.20 Å². The van der Waals surface area contributed by atoms with E-state index in [2.05, 4.69) is 10.3 Å². The molecule has 2 aliphatic heterocycles. The fourth-order valence-corrected chi connectivity index (χ4v) is 2.71. The molecule has 0 saturated carbocycles. The van der Waals surface area contributed by atoms with E-state index < -0.39 is 0 Å². The maximum Gasteiger partial charge on any atom is 0.229 e. The van der Waals surface area contributed by atoms with Crippen LogP contribution in [-0.2, 0) is 9.53 Å². The smallest absolute Gasteiger partial charge is 0.229 e. The van der Waals surface area contributed by atoms with E-state index in [-0.39, 0.29) is 17.7 Å². The lowest BCUT2D eigenvalue weighted by Gasteiger charge is -2.30. The standard InChI is InChI=1S/C12H13BN2O2/c13-7-5-10-8-1-3-17-4-2-9(8)12(16)15-11(10)14-6-7/h5-6,8-9H,1-4H2,(H,14,15,16). The molecule has 17 heavy (non-hydrogen) atoms. The lowest BCUT2D eigenvalue weighted by molar-refractivity contribution is -0.121. The second-order valence-electron chi connectivity index (χ2n) is 4.60. The zero-order chi connectivity index (χ0) is 11.8. The summed E-state index contributed by atoms with van der Waals surface area (Å²) in [5.41, 5.74) is 1.70. The molecule has 1 aromatic heterocycles. The Morgan fingerprint density at radius 3 is 2.94 bits per heavy atom. The van der Waals surface area contributed by atoms with E-state index in [1.807, 2.05) is 6.07 Å². The third-order valence-electron chi connectivity index (χ3n) is 3.55. The van der Waals surface area contributed by atoms with Crippen molar-refractivity contribution in [2.45, 2.75) is 18.8 Å². The number of rotatable bonds is 0. The highest BCUT2D eigenvalue weighted by Gasteiger charge is 2.37. The van der Waals surface area contributed by atoms with Crippen LogP contribution in [0.15, 0.2) is 12.3 Å². The number of aromatic nitrogens is 1. The molecule has 2 radical (unpaired) electrons. The van der Waals surface area contributed by atoms with Crippen molar-refractivity contribution in [3.05, 3.63) is 17.8 Å². The van der Waals surface area contributed by atoms with E-state index >= 15 is 0 Å². The summed E-state index contributed by atoms with van der Waals surface area (Å²) in [4.78, 5) is 16.2.